The number of rotatable bonds is 1. The van der Waals surface area contributed by atoms with Gasteiger partial charge in [-0.3, -0.25) is 0 Å². The van der Waals surface area contributed by atoms with Crippen LogP contribution in [0.3, 0.4) is 0 Å². The van der Waals surface area contributed by atoms with Crippen molar-refractivity contribution in [3.8, 4) is 5.69 Å². The van der Waals surface area contributed by atoms with Gasteiger partial charge in [-0.05, 0) is 24.6 Å². The van der Waals surface area contributed by atoms with E-state index in [4.69, 9.17) is 0 Å². The molecule has 3 nitrogen and oxygen atoms in total. The second-order valence-electron chi connectivity index (χ2n) is 5.23. The summed E-state index contributed by atoms with van der Waals surface area (Å²) in [5, 5.41) is 8.13. The van der Waals surface area contributed by atoms with Gasteiger partial charge in [0.05, 0.1) is 17.6 Å². The Hall–Kier alpha value is -1.71. The molecule has 0 aliphatic heterocycles. The molecule has 1 aromatic heterocycles. The van der Waals surface area contributed by atoms with E-state index in [2.05, 4.69) is 31.1 Å². The molecule has 2 aromatic rings. The molecule has 0 bridgehead atoms. The maximum absolute atomic E-state index is 13.4. The zero-order valence-electron chi connectivity index (χ0n) is 10.5. The largest absolute Gasteiger partial charge is 0.220 e. The molecule has 90 valence electrons. The smallest absolute Gasteiger partial charge is 0.128 e. The number of aryl methyl sites for hydroxylation is 1. The van der Waals surface area contributed by atoms with E-state index in [1.807, 2.05) is 12.3 Å². The Bertz CT molecular complexity index is 538. The first kappa shape index (κ1) is 11.8. The Kier molecular flexibility index (Phi) is 2.73. The molecule has 0 saturated carbocycles. The molecule has 1 heterocycles. The first-order valence-corrected chi connectivity index (χ1v) is 5.57. The Balaban J connectivity index is 2.40. The summed E-state index contributed by atoms with van der Waals surface area (Å²) in [6.45, 7) is 7.94. The van der Waals surface area contributed by atoms with Crippen LogP contribution in [0.25, 0.3) is 5.69 Å². The number of hydrogen-bond acceptors (Lipinski definition) is 2. The summed E-state index contributed by atoms with van der Waals surface area (Å²) in [7, 11) is 0. The van der Waals surface area contributed by atoms with Crippen molar-refractivity contribution in [2.45, 2.75) is 33.1 Å². The predicted molar refractivity (Wildman–Crippen MR) is 64.8 cm³/mol. The summed E-state index contributed by atoms with van der Waals surface area (Å²) >= 11 is 0. The minimum absolute atomic E-state index is 0.0541. The standard InChI is InChI=1S/C13H16FN3/c1-9-5-6-10(7-11(9)14)17-8-12(15-16-17)13(2,3)4/h5-8H,1-4H3. The van der Waals surface area contributed by atoms with Crippen LogP contribution in [0.4, 0.5) is 4.39 Å². The van der Waals surface area contributed by atoms with E-state index in [9.17, 15) is 4.39 Å². The zero-order valence-corrected chi connectivity index (χ0v) is 10.5. The highest BCUT2D eigenvalue weighted by Crippen LogP contribution is 2.20. The van der Waals surface area contributed by atoms with Gasteiger partial charge in [0.2, 0.25) is 0 Å². The van der Waals surface area contributed by atoms with Crippen LogP contribution in [0, 0.1) is 12.7 Å². The van der Waals surface area contributed by atoms with Crippen molar-refractivity contribution in [2.24, 2.45) is 0 Å². The second kappa shape index (κ2) is 3.95. The minimum Gasteiger partial charge on any atom is -0.220 e. The van der Waals surface area contributed by atoms with Gasteiger partial charge in [0.15, 0.2) is 0 Å². The monoisotopic (exact) mass is 233 g/mol. The molecule has 0 atom stereocenters. The van der Waals surface area contributed by atoms with Crippen LogP contribution < -0.4 is 0 Å². The molecule has 4 heteroatoms. The fourth-order valence-corrected chi connectivity index (χ4v) is 1.46. The third-order valence-electron chi connectivity index (χ3n) is 2.68. The molecular formula is C13H16FN3. The third kappa shape index (κ3) is 2.35. The molecule has 0 radical (unpaired) electrons. The van der Waals surface area contributed by atoms with Gasteiger partial charge < -0.3 is 0 Å². The second-order valence-corrected chi connectivity index (χ2v) is 5.23. The van der Waals surface area contributed by atoms with E-state index >= 15 is 0 Å². The molecule has 0 fully saturated rings. The fraction of sp³-hybridized carbons (Fsp3) is 0.385. The van der Waals surface area contributed by atoms with E-state index < -0.39 is 0 Å². The van der Waals surface area contributed by atoms with Crippen molar-refractivity contribution in [1.29, 1.82) is 0 Å². The number of nitrogens with zero attached hydrogens (tertiary/aromatic N) is 3. The Morgan fingerprint density at radius 2 is 1.94 bits per heavy atom. The average Bonchev–Trinajstić information content (AvgIpc) is 2.70. The molecule has 0 unspecified atom stereocenters. The van der Waals surface area contributed by atoms with Gasteiger partial charge in [-0.1, -0.05) is 32.1 Å². The molecule has 1 aromatic carbocycles. The van der Waals surface area contributed by atoms with Gasteiger partial charge in [0.25, 0.3) is 0 Å². The SMILES string of the molecule is Cc1ccc(-n2cc(C(C)(C)C)nn2)cc1F. The van der Waals surface area contributed by atoms with Gasteiger partial charge in [-0.2, -0.15) is 0 Å². The summed E-state index contributed by atoms with van der Waals surface area (Å²) in [5.74, 6) is -0.227. The van der Waals surface area contributed by atoms with Crippen LogP contribution in [0.1, 0.15) is 32.0 Å². The van der Waals surface area contributed by atoms with Gasteiger partial charge in [0, 0.05) is 5.41 Å². The maximum Gasteiger partial charge on any atom is 0.128 e. The van der Waals surface area contributed by atoms with Crippen LogP contribution >= 0.6 is 0 Å². The summed E-state index contributed by atoms with van der Waals surface area (Å²) in [6, 6.07) is 5.04. The third-order valence-corrected chi connectivity index (χ3v) is 2.68. The summed E-state index contributed by atoms with van der Waals surface area (Å²) in [5.41, 5.74) is 2.15. The quantitative estimate of drug-likeness (QED) is 0.758. The van der Waals surface area contributed by atoms with Gasteiger partial charge in [0.1, 0.15) is 5.82 Å². The van der Waals surface area contributed by atoms with Crippen molar-refractivity contribution in [1.82, 2.24) is 15.0 Å². The van der Waals surface area contributed by atoms with E-state index in [-0.39, 0.29) is 11.2 Å². The first-order chi connectivity index (χ1) is 7.88. The minimum atomic E-state index is -0.227. The Morgan fingerprint density at radius 1 is 1.24 bits per heavy atom. The lowest BCUT2D eigenvalue weighted by Gasteiger charge is -2.12. The van der Waals surface area contributed by atoms with Crippen LogP contribution in [0.2, 0.25) is 0 Å². The van der Waals surface area contributed by atoms with E-state index in [0.29, 0.717) is 11.3 Å². The molecule has 17 heavy (non-hydrogen) atoms. The van der Waals surface area contributed by atoms with Gasteiger partial charge in [-0.15, -0.1) is 5.10 Å². The summed E-state index contributed by atoms with van der Waals surface area (Å²) in [4.78, 5) is 0. The van der Waals surface area contributed by atoms with Crippen LogP contribution in [0.5, 0.6) is 0 Å². The Morgan fingerprint density at radius 3 is 2.47 bits per heavy atom. The lowest BCUT2D eigenvalue weighted by atomic mass is 9.93. The van der Waals surface area contributed by atoms with E-state index in [0.717, 1.165) is 5.69 Å². The molecule has 2 rings (SSSR count). The summed E-state index contributed by atoms with van der Waals surface area (Å²) < 4.78 is 15.0. The highest BCUT2D eigenvalue weighted by atomic mass is 19.1. The van der Waals surface area contributed by atoms with Gasteiger partial charge >= 0.3 is 0 Å². The Labute approximate surface area is 100 Å². The molecular weight excluding hydrogens is 217 g/mol. The van der Waals surface area contributed by atoms with Crippen molar-refractivity contribution in [3.63, 3.8) is 0 Å². The van der Waals surface area contributed by atoms with E-state index in [1.165, 1.54) is 6.07 Å². The number of halogens is 1. The maximum atomic E-state index is 13.4. The predicted octanol–water partition coefficient (Wildman–Crippen LogP) is 3.01. The molecule has 0 amide bonds. The highest BCUT2D eigenvalue weighted by Gasteiger charge is 2.18. The molecule has 0 saturated heterocycles. The molecule has 0 aliphatic rings. The van der Waals surface area contributed by atoms with Crippen molar-refractivity contribution in [2.75, 3.05) is 0 Å². The normalized spacial score (nSPS) is 11.8. The fourth-order valence-electron chi connectivity index (χ4n) is 1.46. The molecule has 0 N–H and O–H groups in total. The number of benzene rings is 1. The van der Waals surface area contributed by atoms with Crippen LogP contribution in [0.15, 0.2) is 24.4 Å². The zero-order chi connectivity index (χ0) is 12.6. The number of aromatic nitrogens is 3. The highest BCUT2D eigenvalue weighted by molar-refractivity contribution is 5.34. The summed E-state index contributed by atoms with van der Waals surface area (Å²) in [6.07, 6.45) is 1.84. The first-order valence-electron chi connectivity index (χ1n) is 5.57. The van der Waals surface area contributed by atoms with Crippen LogP contribution in [-0.4, -0.2) is 15.0 Å². The lowest BCUT2D eigenvalue weighted by molar-refractivity contribution is 0.566. The van der Waals surface area contributed by atoms with Gasteiger partial charge in [-0.25, -0.2) is 9.07 Å². The topological polar surface area (TPSA) is 30.7 Å². The molecule has 0 aliphatic carbocycles. The van der Waals surface area contributed by atoms with Crippen LogP contribution in [-0.2, 0) is 5.41 Å². The van der Waals surface area contributed by atoms with Crippen molar-refractivity contribution in [3.05, 3.63) is 41.5 Å². The van der Waals surface area contributed by atoms with Crippen molar-refractivity contribution < 1.29 is 4.39 Å². The lowest BCUT2D eigenvalue weighted by Crippen LogP contribution is -2.11. The molecule has 0 spiro atoms. The van der Waals surface area contributed by atoms with E-state index in [1.54, 1.807) is 17.7 Å². The number of hydrogen-bond donors (Lipinski definition) is 0. The van der Waals surface area contributed by atoms with Crippen molar-refractivity contribution >= 4 is 0 Å². The average molecular weight is 233 g/mol.